The van der Waals surface area contributed by atoms with Crippen LogP contribution < -0.4 is 29.9 Å². The Labute approximate surface area is 374 Å². The average molecular weight is 865 g/mol. The second kappa shape index (κ2) is 20.4. The quantitative estimate of drug-likeness (QED) is 0.113. The highest BCUT2D eigenvalue weighted by molar-refractivity contribution is 5.97. The normalized spacial score (nSPS) is 13.5. The third kappa shape index (κ3) is 10.2. The number of hydrogen-bond acceptors (Lipinski definition) is 14. The molecule has 6 heterocycles. The smallest absolute Gasteiger partial charge is 0.247 e. The van der Waals surface area contributed by atoms with Gasteiger partial charge in [0, 0.05) is 61.1 Å². The van der Waals surface area contributed by atoms with Gasteiger partial charge in [-0.1, -0.05) is 39.8 Å². The molecule has 8 rings (SSSR count). The van der Waals surface area contributed by atoms with Gasteiger partial charge in [-0.25, -0.2) is 29.9 Å². The molecule has 2 aliphatic carbocycles. The number of likely N-dealkylation sites (N-methyl/N-ethyl adjacent to an activating group) is 2. The minimum Gasteiger partial charge on any atom is -0.481 e. The summed E-state index contributed by atoms with van der Waals surface area (Å²) in [7, 11) is 6.98. The summed E-state index contributed by atoms with van der Waals surface area (Å²) in [6, 6.07) is 17.6. The standard InChI is InChI=1S/2C24H28N6O2/c2*1-15(2)21(24(31)27-16-11-12-20(32-4)26-14-16)30(3)23-17-8-7-10-18(17)28-22(29-23)19-9-5-6-13-25-19/h2*5-6,9,11-15,21H,7-8,10H2,1-4H3,(H,27,31)/t21-;/m1./s1. The van der Waals surface area contributed by atoms with Gasteiger partial charge in [0.05, 0.1) is 38.0 Å². The number of nitrogens with one attached hydrogen (secondary N) is 2. The first-order valence-corrected chi connectivity index (χ1v) is 21.7. The van der Waals surface area contributed by atoms with Crippen LogP contribution in [0.3, 0.4) is 0 Å². The zero-order valence-electron chi connectivity index (χ0n) is 37.7. The van der Waals surface area contributed by atoms with Crippen molar-refractivity contribution in [3.63, 3.8) is 0 Å². The fourth-order valence-electron chi connectivity index (χ4n) is 8.33. The summed E-state index contributed by atoms with van der Waals surface area (Å²) in [5, 5.41) is 5.97. The van der Waals surface area contributed by atoms with E-state index in [1.54, 1.807) is 63.3 Å². The van der Waals surface area contributed by atoms with Crippen molar-refractivity contribution in [1.29, 1.82) is 0 Å². The van der Waals surface area contributed by atoms with Gasteiger partial charge in [0.15, 0.2) is 11.6 Å². The van der Waals surface area contributed by atoms with Gasteiger partial charge in [0.2, 0.25) is 23.6 Å². The molecule has 0 radical (unpaired) electrons. The summed E-state index contributed by atoms with van der Waals surface area (Å²) in [6.45, 7) is 8.14. The van der Waals surface area contributed by atoms with Crippen LogP contribution in [0, 0.1) is 11.8 Å². The molecule has 16 nitrogen and oxygen atoms in total. The summed E-state index contributed by atoms with van der Waals surface area (Å²) in [5.41, 5.74) is 7.04. The number of methoxy groups -OCH3 is 2. The predicted molar refractivity (Wildman–Crippen MR) is 247 cm³/mol. The number of fused-ring (bicyclic) bond motifs is 2. The van der Waals surface area contributed by atoms with Gasteiger partial charge in [0.1, 0.15) is 35.1 Å². The van der Waals surface area contributed by atoms with Crippen LogP contribution >= 0.6 is 0 Å². The molecule has 6 aromatic heterocycles. The molecule has 1 unspecified atom stereocenters. The molecule has 332 valence electrons. The molecule has 2 aliphatic rings. The Morgan fingerprint density at radius 1 is 0.562 bits per heavy atom. The third-order valence-electron chi connectivity index (χ3n) is 11.3. The lowest BCUT2D eigenvalue weighted by atomic mass is 10.0. The number of anilines is 4. The van der Waals surface area contributed by atoms with Gasteiger partial charge in [0.25, 0.3) is 0 Å². The Morgan fingerprint density at radius 2 is 0.984 bits per heavy atom. The lowest BCUT2D eigenvalue weighted by Crippen LogP contribution is -2.46. The molecular formula is C48H56N12O4. The van der Waals surface area contributed by atoms with Crippen molar-refractivity contribution in [2.75, 3.05) is 48.7 Å². The van der Waals surface area contributed by atoms with Gasteiger partial charge in [-0.3, -0.25) is 19.6 Å². The molecule has 64 heavy (non-hydrogen) atoms. The number of carbonyl (C=O) groups is 2. The molecule has 0 spiro atoms. The van der Waals surface area contributed by atoms with E-state index in [4.69, 9.17) is 29.4 Å². The molecule has 0 aliphatic heterocycles. The van der Waals surface area contributed by atoms with Crippen LogP contribution in [0.2, 0.25) is 0 Å². The van der Waals surface area contributed by atoms with Crippen LogP contribution in [0.5, 0.6) is 11.8 Å². The Morgan fingerprint density at radius 3 is 1.31 bits per heavy atom. The van der Waals surface area contributed by atoms with E-state index in [1.165, 1.54) is 0 Å². The summed E-state index contributed by atoms with van der Waals surface area (Å²) in [5.74, 6) is 3.67. The number of carbonyl (C=O) groups excluding carboxylic acids is 2. The van der Waals surface area contributed by atoms with E-state index >= 15 is 0 Å². The summed E-state index contributed by atoms with van der Waals surface area (Å²) in [4.78, 5) is 67.1. The summed E-state index contributed by atoms with van der Waals surface area (Å²) in [6.07, 6.45) is 12.4. The van der Waals surface area contributed by atoms with E-state index < -0.39 is 12.1 Å². The highest BCUT2D eigenvalue weighted by Crippen LogP contribution is 2.34. The van der Waals surface area contributed by atoms with E-state index in [0.29, 0.717) is 34.8 Å². The number of hydrogen-bond donors (Lipinski definition) is 2. The molecule has 0 fully saturated rings. The van der Waals surface area contributed by atoms with Crippen molar-refractivity contribution >= 4 is 34.8 Å². The number of amides is 2. The molecule has 6 aromatic rings. The molecule has 2 atom stereocenters. The van der Waals surface area contributed by atoms with E-state index in [0.717, 1.165) is 84.1 Å². The number of nitrogens with zero attached hydrogens (tertiary/aromatic N) is 10. The highest BCUT2D eigenvalue weighted by Gasteiger charge is 2.33. The van der Waals surface area contributed by atoms with Crippen molar-refractivity contribution in [1.82, 2.24) is 39.9 Å². The van der Waals surface area contributed by atoms with Gasteiger partial charge in [-0.15, -0.1) is 0 Å². The Hall–Kier alpha value is -7.10. The number of pyridine rings is 4. The third-order valence-corrected chi connectivity index (χ3v) is 11.3. The van der Waals surface area contributed by atoms with Crippen molar-refractivity contribution < 1.29 is 19.1 Å². The zero-order chi connectivity index (χ0) is 45.3. The van der Waals surface area contributed by atoms with Crippen LogP contribution in [0.1, 0.15) is 63.1 Å². The van der Waals surface area contributed by atoms with Crippen molar-refractivity contribution in [2.45, 2.75) is 78.3 Å². The Bertz CT molecular complexity index is 2350. The number of aromatic nitrogens is 8. The van der Waals surface area contributed by atoms with Gasteiger partial charge >= 0.3 is 0 Å². The second-order valence-corrected chi connectivity index (χ2v) is 16.5. The van der Waals surface area contributed by atoms with Gasteiger partial charge in [-0.2, -0.15) is 0 Å². The van der Waals surface area contributed by atoms with Crippen molar-refractivity contribution in [2.24, 2.45) is 11.8 Å². The minimum absolute atomic E-state index is 0.0523. The average Bonchev–Trinajstić information content (AvgIpc) is 4.00. The van der Waals surface area contributed by atoms with Crippen molar-refractivity contribution in [3.05, 3.63) is 108 Å². The van der Waals surface area contributed by atoms with E-state index in [-0.39, 0.29) is 23.7 Å². The van der Waals surface area contributed by atoms with Crippen LogP contribution in [0.15, 0.2) is 85.5 Å². The lowest BCUT2D eigenvalue weighted by Gasteiger charge is -2.32. The summed E-state index contributed by atoms with van der Waals surface area (Å²) < 4.78 is 10.2. The van der Waals surface area contributed by atoms with Crippen LogP contribution in [-0.2, 0) is 35.3 Å². The predicted octanol–water partition coefficient (Wildman–Crippen LogP) is 7.06. The molecule has 0 saturated heterocycles. The maximum absolute atomic E-state index is 13.3. The maximum atomic E-state index is 13.3. The minimum atomic E-state index is -0.423. The molecule has 16 heteroatoms. The van der Waals surface area contributed by atoms with E-state index in [9.17, 15) is 9.59 Å². The molecule has 0 bridgehead atoms. The Balaban J connectivity index is 0.000000191. The van der Waals surface area contributed by atoms with Crippen LogP contribution in [0.25, 0.3) is 23.0 Å². The topological polar surface area (TPSA) is 186 Å². The zero-order valence-corrected chi connectivity index (χ0v) is 37.7. The fourth-order valence-corrected chi connectivity index (χ4v) is 8.33. The highest BCUT2D eigenvalue weighted by atomic mass is 16.5. The largest absolute Gasteiger partial charge is 0.481 e. The fraction of sp³-hybridized carbons (Fsp3) is 0.375. The SMILES string of the molecule is COc1ccc(NC(=O)C(C(C)C)N(C)c2nc(-c3ccccn3)nc3c2CCC3)cn1.COc1ccc(NC(=O)[C@@H](C(C)C)N(C)c2nc(-c3ccccn3)nc3c2CCC3)cn1. The summed E-state index contributed by atoms with van der Waals surface area (Å²) >= 11 is 0. The lowest BCUT2D eigenvalue weighted by molar-refractivity contribution is -0.119. The monoisotopic (exact) mass is 864 g/mol. The molecule has 0 saturated carbocycles. The first-order valence-electron chi connectivity index (χ1n) is 21.7. The molecule has 0 aromatic carbocycles. The Kier molecular flexibility index (Phi) is 14.3. The molecule has 2 N–H and O–H groups in total. The van der Waals surface area contributed by atoms with E-state index in [2.05, 4.69) is 30.6 Å². The van der Waals surface area contributed by atoms with Crippen LogP contribution in [0.4, 0.5) is 23.0 Å². The van der Waals surface area contributed by atoms with Gasteiger partial charge < -0.3 is 29.9 Å². The van der Waals surface area contributed by atoms with Crippen molar-refractivity contribution in [3.8, 4) is 34.8 Å². The number of ether oxygens (including phenoxy) is 2. The number of rotatable bonds is 14. The first-order chi connectivity index (χ1) is 30.9. The van der Waals surface area contributed by atoms with Crippen LogP contribution in [-0.4, -0.2) is 92.1 Å². The van der Waals surface area contributed by atoms with Gasteiger partial charge in [-0.05, 0) is 86.8 Å². The first kappa shape index (κ1) is 44.9. The maximum Gasteiger partial charge on any atom is 0.247 e. The molecular weight excluding hydrogens is 809 g/mol. The number of aryl methyl sites for hydroxylation is 2. The molecule has 2 amide bonds. The van der Waals surface area contributed by atoms with E-state index in [1.807, 2.05) is 88.0 Å². The second-order valence-electron chi connectivity index (χ2n) is 16.5.